The van der Waals surface area contributed by atoms with Crippen LogP contribution in [-0.2, 0) is 6.54 Å². The van der Waals surface area contributed by atoms with Crippen LogP contribution in [0.5, 0.6) is 0 Å². The molecule has 0 aliphatic heterocycles. The summed E-state index contributed by atoms with van der Waals surface area (Å²) in [7, 11) is 0. The molecule has 1 aromatic rings. The molecule has 2 N–H and O–H groups in total. The maximum Gasteiger partial charge on any atom is 0.0771 e. The minimum Gasteiger partial charge on any atom is -0.389 e. The second-order valence-electron chi connectivity index (χ2n) is 4.90. The van der Waals surface area contributed by atoms with Crippen LogP contribution < -0.4 is 5.32 Å². The van der Waals surface area contributed by atoms with E-state index in [4.69, 9.17) is 0 Å². The van der Waals surface area contributed by atoms with Gasteiger partial charge < -0.3 is 10.4 Å². The van der Waals surface area contributed by atoms with E-state index in [1.165, 1.54) is 29.0 Å². The summed E-state index contributed by atoms with van der Waals surface area (Å²) in [4.78, 5) is 2.71. The first-order chi connectivity index (χ1) is 7.68. The molecule has 0 spiro atoms. The summed E-state index contributed by atoms with van der Waals surface area (Å²) in [5.74, 6) is 0. The van der Waals surface area contributed by atoms with Crippen molar-refractivity contribution in [3.05, 3.63) is 21.9 Å². The van der Waals surface area contributed by atoms with E-state index in [-0.39, 0.29) is 0 Å². The first kappa shape index (κ1) is 12.1. The Labute approximate surface area is 102 Å². The van der Waals surface area contributed by atoms with Crippen molar-refractivity contribution in [2.75, 3.05) is 6.54 Å². The molecular formula is C13H21NOS. The Kier molecular flexibility index (Phi) is 4.00. The van der Waals surface area contributed by atoms with Gasteiger partial charge >= 0.3 is 0 Å². The van der Waals surface area contributed by atoms with Gasteiger partial charge in [-0.15, -0.1) is 11.3 Å². The van der Waals surface area contributed by atoms with Gasteiger partial charge in [0.15, 0.2) is 0 Å². The first-order valence-corrected chi connectivity index (χ1v) is 6.98. The molecule has 1 aliphatic carbocycles. The van der Waals surface area contributed by atoms with Crippen LogP contribution in [-0.4, -0.2) is 17.3 Å². The highest BCUT2D eigenvalue weighted by Crippen LogP contribution is 2.27. The Balaban J connectivity index is 1.74. The Hall–Kier alpha value is -0.380. The van der Waals surface area contributed by atoms with Crippen LogP contribution in [0.2, 0.25) is 0 Å². The van der Waals surface area contributed by atoms with Crippen LogP contribution in [0.25, 0.3) is 0 Å². The highest BCUT2D eigenvalue weighted by atomic mass is 32.1. The standard InChI is InChI=1S/C13H21NOS/c1-11-5-6-12(16-11)9-14-10-13(15)7-3-2-4-8-13/h5-6,14-15H,2-4,7-10H2,1H3. The van der Waals surface area contributed by atoms with Crippen LogP contribution in [0.4, 0.5) is 0 Å². The average Bonchev–Trinajstić information content (AvgIpc) is 2.65. The van der Waals surface area contributed by atoms with Gasteiger partial charge in [0.25, 0.3) is 0 Å². The molecule has 2 nitrogen and oxygen atoms in total. The predicted molar refractivity (Wildman–Crippen MR) is 68.8 cm³/mol. The smallest absolute Gasteiger partial charge is 0.0771 e. The Morgan fingerprint density at radius 1 is 1.31 bits per heavy atom. The van der Waals surface area contributed by atoms with E-state index >= 15 is 0 Å². The SMILES string of the molecule is Cc1ccc(CNCC2(O)CCCCC2)s1. The van der Waals surface area contributed by atoms with Gasteiger partial charge in [0.05, 0.1) is 5.60 Å². The Morgan fingerprint density at radius 2 is 2.06 bits per heavy atom. The van der Waals surface area contributed by atoms with Crippen molar-refractivity contribution in [2.45, 2.75) is 51.2 Å². The van der Waals surface area contributed by atoms with E-state index in [9.17, 15) is 5.11 Å². The van der Waals surface area contributed by atoms with Gasteiger partial charge in [-0.05, 0) is 31.9 Å². The average molecular weight is 239 g/mol. The topological polar surface area (TPSA) is 32.3 Å². The molecule has 1 saturated carbocycles. The van der Waals surface area contributed by atoms with Gasteiger partial charge in [-0.1, -0.05) is 19.3 Å². The summed E-state index contributed by atoms with van der Waals surface area (Å²) in [6.45, 7) is 3.76. The second kappa shape index (κ2) is 5.30. The number of aryl methyl sites for hydroxylation is 1. The van der Waals surface area contributed by atoms with Crippen molar-refractivity contribution < 1.29 is 5.11 Å². The molecule has 0 atom stereocenters. The zero-order valence-electron chi connectivity index (χ0n) is 9.96. The molecule has 1 heterocycles. The van der Waals surface area contributed by atoms with E-state index in [0.29, 0.717) is 0 Å². The van der Waals surface area contributed by atoms with Gasteiger partial charge in [-0.3, -0.25) is 0 Å². The van der Waals surface area contributed by atoms with Crippen LogP contribution in [0, 0.1) is 6.92 Å². The van der Waals surface area contributed by atoms with Gasteiger partial charge in [-0.25, -0.2) is 0 Å². The number of thiophene rings is 1. The lowest BCUT2D eigenvalue weighted by molar-refractivity contribution is 0.00472. The minimum absolute atomic E-state index is 0.440. The third-order valence-electron chi connectivity index (χ3n) is 3.33. The predicted octanol–water partition coefficient (Wildman–Crippen LogP) is 2.84. The molecule has 3 heteroatoms. The highest BCUT2D eigenvalue weighted by molar-refractivity contribution is 7.11. The molecule has 0 unspecified atom stereocenters. The molecule has 16 heavy (non-hydrogen) atoms. The number of aliphatic hydroxyl groups is 1. The quantitative estimate of drug-likeness (QED) is 0.847. The summed E-state index contributed by atoms with van der Waals surface area (Å²) >= 11 is 1.83. The van der Waals surface area contributed by atoms with E-state index in [0.717, 1.165) is 25.9 Å². The summed E-state index contributed by atoms with van der Waals surface area (Å²) in [6.07, 6.45) is 5.56. The fourth-order valence-electron chi connectivity index (χ4n) is 2.39. The second-order valence-corrected chi connectivity index (χ2v) is 6.27. The molecule has 0 radical (unpaired) electrons. The number of nitrogens with one attached hydrogen (secondary N) is 1. The highest BCUT2D eigenvalue weighted by Gasteiger charge is 2.28. The van der Waals surface area contributed by atoms with Crippen molar-refractivity contribution in [1.29, 1.82) is 0 Å². The fraction of sp³-hybridized carbons (Fsp3) is 0.692. The van der Waals surface area contributed by atoms with Crippen LogP contribution in [0.15, 0.2) is 12.1 Å². The third-order valence-corrected chi connectivity index (χ3v) is 4.33. The number of hydrogen-bond donors (Lipinski definition) is 2. The fourth-order valence-corrected chi connectivity index (χ4v) is 3.25. The van der Waals surface area contributed by atoms with Crippen molar-refractivity contribution in [2.24, 2.45) is 0 Å². The summed E-state index contributed by atoms with van der Waals surface area (Å²) in [5, 5.41) is 13.7. The lowest BCUT2D eigenvalue weighted by Gasteiger charge is -2.32. The van der Waals surface area contributed by atoms with Crippen molar-refractivity contribution in [3.63, 3.8) is 0 Å². The Bertz CT molecular complexity index is 328. The molecule has 0 amide bonds. The normalized spacial score (nSPS) is 19.9. The molecule has 2 rings (SSSR count). The van der Waals surface area contributed by atoms with E-state index < -0.39 is 5.60 Å². The lowest BCUT2D eigenvalue weighted by atomic mass is 9.85. The van der Waals surface area contributed by atoms with Crippen molar-refractivity contribution in [3.8, 4) is 0 Å². The summed E-state index contributed by atoms with van der Waals surface area (Å²) in [5.41, 5.74) is -0.440. The van der Waals surface area contributed by atoms with Gasteiger partial charge in [0.2, 0.25) is 0 Å². The molecule has 1 aliphatic rings. The van der Waals surface area contributed by atoms with Gasteiger partial charge in [0.1, 0.15) is 0 Å². The van der Waals surface area contributed by atoms with Crippen LogP contribution >= 0.6 is 11.3 Å². The van der Waals surface area contributed by atoms with E-state index in [1.54, 1.807) is 0 Å². The summed E-state index contributed by atoms with van der Waals surface area (Å²) < 4.78 is 0. The monoisotopic (exact) mass is 239 g/mol. The van der Waals surface area contributed by atoms with Crippen LogP contribution in [0.3, 0.4) is 0 Å². The maximum absolute atomic E-state index is 10.3. The zero-order valence-corrected chi connectivity index (χ0v) is 10.8. The number of rotatable bonds is 4. The molecule has 0 saturated heterocycles. The molecule has 1 fully saturated rings. The molecule has 90 valence electrons. The van der Waals surface area contributed by atoms with Gasteiger partial charge in [-0.2, -0.15) is 0 Å². The largest absolute Gasteiger partial charge is 0.389 e. The minimum atomic E-state index is -0.440. The lowest BCUT2D eigenvalue weighted by Crippen LogP contribution is -2.41. The van der Waals surface area contributed by atoms with Crippen LogP contribution in [0.1, 0.15) is 41.9 Å². The number of hydrogen-bond acceptors (Lipinski definition) is 3. The van der Waals surface area contributed by atoms with E-state index in [1.807, 2.05) is 11.3 Å². The molecular weight excluding hydrogens is 218 g/mol. The molecule has 0 aromatic carbocycles. The van der Waals surface area contributed by atoms with Crippen molar-refractivity contribution >= 4 is 11.3 Å². The maximum atomic E-state index is 10.3. The molecule has 1 aromatic heterocycles. The van der Waals surface area contributed by atoms with Crippen molar-refractivity contribution in [1.82, 2.24) is 5.32 Å². The third kappa shape index (κ3) is 3.30. The van der Waals surface area contributed by atoms with E-state index in [2.05, 4.69) is 24.4 Å². The first-order valence-electron chi connectivity index (χ1n) is 6.16. The zero-order chi connectivity index (χ0) is 11.4. The summed E-state index contributed by atoms with van der Waals surface area (Å²) in [6, 6.07) is 4.31. The van der Waals surface area contributed by atoms with Gasteiger partial charge in [0, 0.05) is 22.8 Å². The Morgan fingerprint density at radius 3 is 2.69 bits per heavy atom. The molecule has 0 bridgehead atoms.